The zero-order chi connectivity index (χ0) is 18.5. The molecule has 3 rings (SSSR count). The van der Waals surface area contributed by atoms with Crippen LogP contribution in [0.5, 0.6) is 0 Å². The van der Waals surface area contributed by atoms with Crippen molar-refractivity contribution in [2.45, 2.75) is 65.3 Å². The van der Waals surface area contributed by atoms with Gasteiger partial charge >= 0.3 is 11.9 Å². The molecular formula is C20H26O5. The summed E-state index contributed by atoms with van der Waals surface area (Å²) in [6.07, 6.45) is 2.03. The highest BCUT2D eigenvalue weighted by atomic mass is 16.6. The molecule has 1 saturated carbocycles. The molecular weight excluding hydrogens is 320 g/mol. The third-order valence-corrected chi connectivity index (χ3v) is 6.15. The van der Waals surface area contributed by atoms with Crippen LogP contribution in [0.3, 0.4) is 0 Å². The van der Waals surface area contributed by atoms with E-state index in [9.17, 15) is 14.7 Å². The smallest absolute Gasteiger partial charge is 0.334 e. The van der Waals surface area contributed by atoms with Crippen LogP contribution in [0.4, 0.5) is 0 Å². The van der Waals surface area contributed by atoms with E-state index in [2.05, 4.69) is 6.58 Å². The van der Waals surface area contributed by atoms with Gasteiger partial charge in [-0.25, -0.2) is 9.59 Å². The first-order chi connectivity index (χ1) is 11.7. The fourth-order valence-electron chi connectivity index (χ4n) is 4.54. The summed E-state index contributed by atoms with van der Waals surface area (Å²) in [6, 6.07) is 0. The highest BCUT2D eigenvalue weighted by molar-refractivity contribution is 5.92. The summed E-state index contributed by atoms with van der Waals surface area (Å²) in [7, 11) is 0. The fraction of sp³-hybridized carbons (Fsp3) is 0.600. The number of fused-ring (bicyclic) bond motifs is 2. The summed E-state index contributed by atoms with van der Waals surface area (Å²) in [4.78, 5) is 24.5. The predicted molar refractivity (Wildman–Crippen MR) is 92.5 cm³/mol. The zero-order valence-corrected chi connectivity index (χ0v) is 15.3. The van der Waals surface area contributed by atoms with Gasteiger partial charge in [0.2, 0.25) is 0 Å². The second kappa shape index (κ2) is 6.13. The number of aliphatic hydroxyl groups excluding tert-OH is 1. The van der Waals surface area contributed by atoms with E-state index in [4.69, 9.17) is 9.47 Å². The molecule has 3 aliphatic rings. The molecule has 1 saturated heterocycles. The molecule has 0 bridgehead atoms. The molecule has 5 nitrogen and oxygen atoms in total. The maximum atomic E-state index is 12.5. The molecule has 5 atom stereocenters. The fourth-order valence-corrected chi connectivity index (χ4v) is 4.54. The zero-order valence-electron chi connectivity index (χ0n) is 15.3. The lowest BCUT2D eigenvalue weighted by atomic mass is 9.57. The van der Waals surface area contributed by atoms with Gasteiger partial charge in [0.25, 0.3) is 0 Å². The van der Waals surface area contributed by atoms with Crippen molar-refractivity contribution in [1.29, 1.82) is 0 Å². The van der Waals surface area contributed by atoms with Crippen molar-refractivity contribution in [2.75, 3.05) is 0 Å². The number of aliphatic hydroxyl groups is 1. The molecule has 0 unspecified atom stereocenters. The van der Waals surface area contributed by atoms with Gasteiger partial charge in [-0.15, -0.1) is 0 Å². The molecule has 1 heterocycles. The summed E-state index contributed by atoms with van der Waals surface area (Å²) in [5.74, 6) is -1.23. The lowest BCUT2D eigenvalue weighted by Gasteiger charge is -2.50. The standard InChI is InChI=1S/C20H26O5/c1-6-10(2)18(22)25-17-15-12(4)19(23)24-13(15)9-20(5)14(21)8-7-11(3)16(17)20/h6,13-15,17,21H,4,7-9H2,1-3,5H3/b10-6-/t13-,14+,15-,17+,20-/m0/s1. The second-order valence-electron chi connectivity index (χ2n) is 7.66. The molecule has 0 radical (unpaired) electrons. The van der Waals surface area contributed by atoms with Crippen LogP contribution in [0.2, 0.25) is 0 Å². The number of hydrogen-bond donors (Lipinski definition) is 1. The molecule has 25 heavy (non-hydrogen) atoms. The third kappa shape index (κ3) is 2.65. The Labute approximate surface area is 148 Å². The van der Waals surface area contributed by atoms with Gasteiger partial charge in [0.1, 0.15) is 12.2 Å². The molecule has 2 fully saturated rings. The largest absolute Gasteiger partial charge is 0.458 e. The Hall–Kier alpha value is -1.88. The summed E-state index contributed by atoms with van der Waals surface area (Å²) in [5.41, 5.74) is 2.35. The van der Waals surface area contributed by atoms with Crippen LogP contribution in [-0.2, 0) is 19.1 Å². The molecule has 5 heteroatoms. The van der Waals surface area contributed by atoms with Crippen molar-refractivity contribution < 1.29 is 24.2 Å². The number of carbonyl (C=O) groups excluding carboxylic acids is 2. The molecule has 0 aromatic carbocycles. The summed E-state index contributed by atoms with van der Waals surface area (Å²) >= 11 is 0. The van der Waals surface area contributed by atoms with E-state index in [1.807, 2.05) is 13.8 Å². The van der Waals surface area contributed by atoms with Gasteiger partial charge < -0.3 is 14.6 Å². The van der Waals surface area contributed by atoms with Crippen molar-refractivity contribution in [3.63, 3.8) is 0 Å². The Balaban J connectivity index is 2.09. The van der Waals surface area contributed by atoms with Crippen LogP contribution in [0.25, 0.3) is 0 Å². The lowest BCUT2D eigenvalue weighted by Crippen LogP contribution is -2.53. The minimum Gasteiger partial charge on any atom is -0.458 e. The van der Waals surface area contributed by atoms with Crippen molar-refractivity contribution in [1.82, 2.24) is 0 Å². The summed E-state index contributed by atoms with van der Waals surface area (Å²) in [6.45, 7) is 11.4. The SMILES string of the molecule is C=C1C(=O)O[C@H]2C[C@]3(C)C(=C(C)CC[C@H]3O)[C@H](OC(=O)/C(C)=C\C)[C@@H]12. The van der Waals surface area contributed by atoms with E-state index in [1.54, 1.807) is 19.9 Å². The van der Waals surface area contributed by atoms with Crippen molar-refractivity contribution >= 4 is 11.9 Å². The molecule has 0 aromatic heterocycles. The number of hydrogen-bond acceptors (Lipinski definition) is 5. The Bertz CT molecular complexity index is 701. The van der Waals surface area contributed by atoms with Gasteiger partial charge in [0, 0.05) is 16.6 Å². The molecule has 0 aromatic rings. The highest BCUT2D eigenvalue weighted by Gasteiger charge is 2.59. The predicted octanol–water partition coefficient (Wildman–Crippen LogP) is 2.84. The Morgan fingerprint density at radius 1 is 1.48 bits per heavy atom. The minimum absolute atomic E-state index is 0.350. The first kappa shape index (κ1) is 17.9. The van der Waals surface area contributed by atoms with E-state index < -0.39 is 35.7 Å². The van der Waals surface area contributed by atoms with Crippen molar-refractivity contribution in [2.24, 2.45) is 11.3 Å². The monoisotopic (exact) mass is 346 g/mol. The molecule has 0 spiro atoms. The maximum Gasteiger partial charge on any atom is 0.334 e. The summed E-state index contributed by atoms with van der Waals surface area (Å²) in [5, 5.41) is 10.7. The summed E-state index contributed by atoms with van der Waals surface area (Å²) < 4.78 is 11.4. The molecule has 2 aliphatic carbocycles. The first-order valence-corrected chi connectivity index (χ1v) is 8.82. The van der Waals surface area contributed by atoms with Gasteiger partial charge in [-0.1, -0.05) is 25.2 Å². The number of esters is 2. The van der Waals surface area contributed by atoms with Crippen LogP contribution < -0.4 is 0 Å². The van der Waals surface area contributed by atoms with Gasteiger partial charge in [0.15, 0.2) is 0 Å². The second-order valence-corrected chi connectivity index (χ2v) is 7.66. The van der Waals surface area contributed by atoms with Crippen molar-refractivity contribution in [3.8, 4) is 0 Å². The molecule has 1 N–H and O–H groups in total. The minimum atomic E-state index is -0.625. The van der Waals surface area contributed by atoms with Gasteiger partial charge in [-0.05, 0) is 45.6 Å². The van der Waals surface area contributed by atoms with Crippen LogP contribution in [0.1, 0.15) is 47.0 Å². The van der Waals surface area contributed by atoms with E-state index in [0.29, 0.717) is 24.0 Å². The number of carbonyl (C=O) groups is 2. The molecule has 1 aliphatic heterocycles. The normalized spacial score (nSPS) is 38.2. The third-order valence-electron chi connectivity index (χ3n) is 6.15. The van der Waals surface area contributed by atoms with Crippen molar-refractivity contribution in [3.05, 3.63) is 34.9 Å². The topological polar surface area (TPSA) is 72.8 Å². The van der Waals surface area contributed by atoms with Crippen LogP contribution in [0.15, 0.2) is 34.9 Å². The van der Waals surface area contributed by atoms with E-state index in [-0.39, 0.29) is 5.92 Å². The van der Waals surface area contributed by atoms with Gasteiger partial charge in [0.05, 0.1) is 12.0 Å². The van der Waals surface area contributed by atoms with E-state index in [1.165, 1.54) is 0 Å². The van der Waals surface area contributed by atoms with Crippen LogP contribution in [0, 0.1) is 11.3 Å². The average molecular weight is 346 g/mol. The number of allylic oxidation sites excluding steroid dienone is 2. The molecule has 136 valence electrons. The Kier molecular flexibility index (Phi) is 4.40. The van der Waals surface area contributed by atoms with E-state index >= 15 is 0 Å². The maximum absolute atomic E-state index is 12.5. The van der Waals surface area contributed by atoms with Gasteiger partial charge in [-0.3, -0.25) is 0 Å². The van der Waals surface area contributed by atoms with Crippen LogP contribution >= 0.6 is 0 Å². The quantitative estimate of drug-likeness (QED) is 0.473. The first-order valence-electron chi connectivity index (χ1n) is 8.82. The molecule has 0 amide bonds. The Morgan fingerprint density at radius 3 is 2.80 bits per heavy atom. The Morgan fingerprint density at radius 2 is 2.16 bits per heavy atom. The highest BCUT2D eigenvalue weighted by Crippen LogP contribution is 2.55. The number of ether oxygens (including phenoxy) is 2. The van der Waals surface area contributed by atoms with E-state index in [0.717, 1.165) is 17.6 Å². The average Bonchev–Trinajstić information content (AvgIpc) is 2.84. The van der Waals surface area contributed by atoms with Gasteiger partial charge in [-0.2, -0.15) is 0 Å². The lowest BCUT2D eigenvalue weighted by molar-refractivity contribution is -0.153. The number of rotatable bonds is 2. The van der Waals surface area contributed by atoms with Crippen LogP contribution in [-0.4, -0.2) is 35.4 Å².